The molecular formula is C71H116O12. The fourth-order valence-electron chi connectivity index (χ4n) is 9.34. The minimum Gasteiger partial charge on any atom is -0.479 e. The number of ether oxygens (including phenoxy) is 5. The maximum Gasteiger partial charge on any atom is 0.335 e. The molecule has 12 nitrogen and oxygen atoms in total. The van der Waals surface area contributed by atoms with Crippen LogP contribution < -0.4 is 0 Å². The van der Waals surface area contributed by atoms with Gasteiger partial charge in [-0.15, -0.1) is 0 Å². The molecule has 0 bridgehead atoms. The first-order valence-electron chi connectivity index (χ1n) is 32.9. The van der Waals surface area contributed by atoms with Gasteiger partial charge in [0.05, 0.1) is 6.61 Å². The fourth-order valence-corrected chi connectivity index (χ4v) is 9.34. The molecule has 1 fully saturated rings. The monoisotopic (exact) mass is 1160 g/mol. The van der Waals surface area contributed by atoms with E-state index in [0.717, 1.165) is 186 Å². The summed E-state index contributed by atoms with van der Waals surface area (Å²) in [6.45, 7) is 5.74. The third-order valence-corrected chi connectivity index (χ3v) is 14.3. The molecule has 1 heterocycles. The van der Waals surface area contributed by atoms with E-state index in [1.54, 1.807) is 0 Å². The second kappa shape index (κ2) is 57.8. The summed E-state index contributed by atoms with van der Waals surface area (Å²) in [5, 5.41) is 31.6. The first-order valence-corrected chi connectivity index (χ1v) is 32.9. The molecule has 472 valence electrons. The van der Waals surface area contributed by atoms with Crippen molar-refractivity contribution in [2.24, 2.45) is 0 Å². The van der Waals surface area contributed by atoms with Crippen LogP contribution in [0.5, 0.6) is 0 Å². The minimum atomic E-state index is -1.92. The number of hydrogen-bond donors (Lipinski definition) is 3. The van der Waals surface area contributed by atoms with E-state index in [1.165, 1.54) is 19.3 Å². The van der Waals surface area contributed by atoms with Crippen molar-refractivity contribution >= 4 is 23.9 Å². The Labute approximate surface area is 504 Å². The van der Waals surface area contributed by atoms with Crippen LogP contribution in [0.1, 0.15) is 265 Å². The largest absolute Gasteiger partial charge is 0.479 e. The number of unbranched alkanes of at least 4 members (excludes halogenated alkanes) is 23. The van der Waals surface area contributed by atoms with Crippen molar-refractivity contribution in [3.8, 4) is 0 Å². The highest BCUT2D eigenvalue weighted by Crippen LogP contribution is 2.26. The molecule has 6 unspecified atom stereocenters. The molecule has 0 aromatic heterocycles. The molecule has 1 rings (SSSR count). The molecule has 6 atom stereocenters. The van der Waals surface area contributed by atoms with Gasteiger partial charge in [0.15, 0.2) is 24.6 Å². The zero-order chi connectivity index (χ0) is 60.3. The Morgan fingerprint density at radius 1 is 0.410 bits per heavy atom. The molecular weight excluding hydrogens is 1040 g/mol. The summed E-state index contributed by atoms with van der Waals surface area (Å²) in [6.07, 6.45) is 66.0. The van der Waals surface area contributed by atoms with Gasteiger partial charge in [-0.1, -0.05) is 233 Å². The van der Waals surface area contributed by atoms with Gasteiger partial charge in [0.2, 0.25) is 0 Å². The minimum absolute atomic E-state index is 0.0445. The molecule has 83 heavy (non-hydrogen) atoms. The quantitative estimate of drug-likeness (QED) is 0.0228. The molecule has 0 aromatic rings. The highest BCUT2D eigenvalue weighted by Gasteiger charge is 2.50. The van der Waals surface area contributed by atoms with Crippen LogP contribution in [-0.2, 0) is 42.9 Å². The maximum absolute atomic E-state index is 13.2. The van der Waals surface area contributed by atoms with Crippen molar-refractivity contribution in [2.45, 2.75) is 302 Å². The van der Waals surface area contributed by atoms with Crippen LogP contribution in [0.4, 0.5) is 0 Å². The van der Waals surface area contributed by atoms with Gasteiger partial charge in [-0.3, -0.25) is 14.4 Å². The Morgan fingerprint density at radius 2 is 0.759 bits per heavy atom. The van der Waals surface area contributed by atoms with Crippen molar-refractivity contribution in [1.29, 1.82) is 0 Å². The molecule has 1 aliphatic rings. The van der Waals surface area contributed by atoms with E-state index in [4.69, 9.17) is 23.7 Å². The number of allylic oxidation sites excluding steroid dienone is 18. The first kappa shape index (κ1) is 76.4. The van der Waals surface area contributed by atoms with Crippen molar-refractivity contribution < 1.29 is 58.2 Å². The topological polar surface area (TPSA) is 175 Å². The van der Waals surface area contributed by atoms with Crippen LogP contribution in [0.3, 0.4) is 0 Å². The van der Waals surface area contributed by atoms with Gasteiger partial charge in [0.25, 0.3) is 0 Å². The van der Waals surface area contributed by atoms with E-state index in [1.807, 2.05) is 0 Å². The Kier molecular flexibility index (Phi) is 53.2. The van der Waals surface area contributed by atoms with Crippen molar-refractivity contribution in [2.75, 3.05) is 13.2 Å². The number of carbonyl (C=O) groups excluding carboxylic acids is 3. The Hall–Kier alpha value is -4.62. The van der Waals surface area contributed by atoms with Crippen LogP contribution in [0.15, 0.2) is 109 Å². The average molecular weight is 1160 g/mol. The molecule has 1 aliphatic heterocycles. The van der Waals surface area contributed by atoms with Crippen LogP contribution in [0.25, 0.3) is 0 Å². The van der Waals surface area contributed by atoms with E-state index in [0.29, 0.717) is 19.3 Å². The number of aliphatic hydroxyl groups excluding tert-OH is 2. The number of carboxylic acid groups (broad SMARTS) is 1. The normalized spacial score (nSPS) is 18.3. The van der Waals surface area contributed by atoms with Gasteiger partial charge in [-0.25, -0.2) is 4.79 Å². The van der Waals surface area contributed by atoms with E-state index < -0.39 is 67.3 Å². The van der Waals surface area contributed by atoms with Crippen molar-refractivity contribution in [3.05, 3.63) is 109 Å². The zero-order valence-corrected chi connectivity index (χ0v) is 52.2. The summed E-state index contributed by atoms with van der Waals surface area (Å²) in [7, 11) is 0. The van der Waals surface area contributed by atoms with Crippen LogP contribution in [0, 0.1) is 0 Å². The second-order valence-corrected chi connectivity index (χ2v) is 22.0. The third kappa shape index (κ3) is 47.3. The molecule has 12 heteroatoms. The van der Waals surface area contributed by atoms with Crippen LogP contribution in [0.2, 0.25) is 0 Å². The molecule has 0 radical (unpaired) electrons. The van der Waals surface area contributed by atoms with Gasteiger partial charge in [-0.2, -0.15) is 0 Å². The van der Waals surface area contributed by atoms with Crippen LogP contribution in [-0.4, -0.2) is 89.2 Å². The zero-order valence-electron chi connectivity index (χ0n) is 52.2. The molecule has 0 amide bonds. The van der Waals surface area contributed by atoms with E-state index in [9.17, 15) is 34.5 Å². The molecule has 0 spiro atoms. The number of aliphatic hydroxyl groups is 2. The summed E-state index contributed by atoms with van der Waals surface area (Å²) >= 11 is 0. The first-order chi connectivity index (χ1) is 40.6. The van der Waals surface area contributed by atoms with Gasteiger partial charge in [0.1, 0.15) is 18.8 Å². The average Bonchev–Trinajstić information content (AvgIpc) is 3.59. The molecule has 0 aliphatic carbocycles. The molecule has 0 aromatic carbocycles. The summed E-state index contributed by atoms with van der Waals surface area (Å²) in [5.41, 5.74) is 0. The number of rotatable bonds is 55. The van der Waals surface area contributed by atoms with Gasteiger partial charge < -0.3 is 39.0 Å². The number of aliphatic carboxylic acids is 1. The standard InChI is InChI=1S/C71H116O12/c1-4-7-10-13-16-19-22-25-28-31-32-35-36-39-42-45-48-51-54-57-63(72)79-60-62(81-64(73)58-55-52-49-46-43-40-37-33-29-26-23-20-17-14-11-8-5-2)61-80-71-69(67(76)66(75)68(83-71)70(77)78)82-65(74)59-56-53-50-47-44-41-38-34-30-27-24-21-18-15-12-9-6-3/h7-8,10-11,16-21,25-30,32,35,62,66-69,71,75-76H,4-6,9,12-15,22-24,31,33-34,36-61H2,1-3H3,(H,77,78)/b10-7-,11-8-,19-16-,20-17-,21-18-,28-25-,29-26-,30-27-,35-32-. The Bertz CT molecular complexity index is 1860. The maximum atomic E-state index is 13.2. The summed E-state index contributed by atoms with van der Waals surface area (Å²) in [5.74, 6) is -3.16. The smallest absolute Gasteiger partial charge is 0.335 e. The predicted octanol–water partition coefficient (Wildman–Crippen LogP) is 17.8. The lowest BCUT2D eigenvalue weighted by atomic mass is 9.98. The van der Waals surface area contributed by atoms with Gasteiger partial charge in [0, 0.05) is 19.3 Å². The summed E-state index contributed by atoms with van der Waals surface area (Å²) in [4.78, 5) is 51.4. The highest BCUT2D eigenvalue weighted by atomic mass is 16.7. The third-order valence-electron chi connectivity index (χ3n) is 14.3. The lowest BCUT2D eigenvalue weighted by Crippen LogP contribution is -2.61. The number of hydrogen-bond acceptors (Lipinski definition) is 11. The summed E-state index contributed by atoms with van der Waals surface area (Å²) < 4.78 is 28.5. The Balaban J connectivity index is 2.68. The second-order valence-electron chi connectivity index (χ2n) is 22.0. The SMILES string of the molecule is CC/C=C\C/C=C\C/C=C\C/C=C\CCCCCCCCC(=O)OCC(COC1OC(C(=O)O)C(O)C(O)C1OC(=O)CCCCCCCCC/C=C\C/C=C\CCCCC)OC(=O)CCCCCCCCC/C=C\C/C=C\C/C=C\CC. The van der Waals surface area contributed by atoms with Gasteiger partial charge in [-0.05, 0) is 122 Å². The fraction of sp³-hybridized carbons (Fsp3) is 0.690. The molecule has 1 saturated heterocycles. The predicted molar refractivity (Wildman–Crippen MR) is 340 cm³/mol. The summed E-state index contributed by atoms with van der Waals surface area (Å²) in [6, 6.07) is 0. The lowest BCUT2D eigenvalue weighted by Gasteiger charge is -2.40. The molecule has 3 N–H and O–H groups in total. The van der Waals surface area contributed by atoms with Crippen molar-refractivity contribution in [1.82, 2.24) is 0 Å². The van der Waals surface area contributed by atoms with Crippen LogP contribution >= 0.6 is 0 Å². The number of carboxylic acids is 1. The van der Waals surface area contributed by atoms with E-state index >= 15 is 0 Å². The van der Waals surface area contributed by atoms with E-state index in [-0.39, 0.29) is 25.9 Å². The molecule has 0 saturated carbocycles. The lowest BCUT2D eigenvalue weighted by molar-refractivity contribution is -0.301. The van der Waals surface area contributed by atoms with E-state index in [2.05, 4.69) is 130 Å². The van der Waals surface area contributed by atoms with Crippen molar-refractivity contribution in [3.63, 3.8) is 0 Å². The number of carbonyl (C=O) groups is 4. The highest BCUT2D eigenvalue weighted by molar-refractivity contribution is 5.74. The number of esters is 3. The Morgan fingerprint density at radius 3 is 1.16 bits per heavy atom. The van der Waals surface area contributed by atoms with Gasteiger partial charge >= 0.3 is 23.9 Å².